The molecule has 2 N–H and O–H groups in total. The van der Waals surface area contributed by atoms with Crippen LogP contribution in [0.5, 0.6) is 0 Å². The van der Waals surface area contributed by atoms with E-state index in [0.29, 0.717) is 0 Å². The second kappa shape index (κ2) is 4.52. The summed E-state index contributed by atoms with van der Waals surface area (Å²) >= 11 is 0. The highest BCUT2D eigenvalue weighted by Crippen LogP contribution is 2.23. The predicted octanol–water partition coefficient (Wildman–Crippen LogP) is 2.43. The lowest BCUT2D eigenvalue weighted by atomic mass is 10.6. The highest BCUT2D eigenvalue weighted by Gasteiger charge is 2.20. The molecule has 0 unspecified atom stereocenters. The average Bonchev–Trinajstić information content (AvgIpc) is 2.46. The maximum absolute atomic E-state index is 3.34. The average molecular weight is 195 g/mol. The van der Waals surface area contributed by atoms with Crippen molar-refractivity contribution < 1.29 is 0 Å². The highest BCUT2D eigenvalue weighted by atomic mass is 35.5. The van der Waals surface area contributed by atoms with Gasteiger partial charge in [-0.3, -0.25) is 0 Å². The molecule has 0 amide bonds. The second-order valence-electron chi connectivity index (χ2n) is 2.50. The number of aromatic amines is 1. The molecule has 0 bridgehead atoms. The second-order valence-corrected chi connectivity index (χ2v) is 2.50. The Morgan fingerprint density at radius 3 is 2.55 bits per heavy atom. The summed E-state index contributed by atoms with van der Waals surface area (Å²) in [5.74, 6) is 1.15. The first-order valence-electron chi connectivity index (χ1n) is 3.35. The van der Waals surface area contributed by atoms with Gasteiger partial charge in [0.15, 0.2) is 0 Å². The van der Waals surface area contributed by atoms with E-state index in [2.05, 4.69) is 16.4 Å². The minimum Gasteiger partial charge on any atom is -0.369 e. The van der Waals surface area contributed by atoms with Gasteiger partial charge in [0.2, 0.25) is 0 Å². The molecule has 0 aliphatic heterocycles. The number of aromatic nitrogens is 1. The van der Waals surface area contributed by atoms with E-state index in [1.54, 1.807) is 0 Å². The smallest absolute Gasteiger partial charge is 0.103 e. The predicted molar refractivity (Wildman–Crippen MR) is 51.9 cm³/mol. The Labute approximate surface area is 78.6 Å². The van der Waals surface area contributed by atoms with E-state index in [9.17, 15) is 0 Å². The van der Waals surface area contributed by atoms with Crippen molar-refractivity contribution in [1.29, 1.82) is 0 Å². The number of hydrogen-bond donors (Lipinski definition) is 2. The van der Waals surface area contributed by atoms with Crippen LogP contribution in [-0.4, -0.2) is 11.0 Å². The van der Waals surface area contributed by atoms with E-state index in [1.807, 2.05) is 12.3 Å². The first kappa shape index (κ1) is 10.7. The largest absolute Gasteiger partial charge is 0.369 e. The maximum Gasteiger partial charge on any atom is 0.103 e. The van der Waals surface area contributed by atoms with E-state index in [-0.39, 0.29) is 24.8 Å². The summed E-state index contributed by atoms with van der Waals surface area (Å²) in [5.41, 5.74) is 0. The molecule has 2 rings (SSSR count). The van der Waals surface area contributed by atoms with Crippen molar-refractivity contribution in [2.75, 3.05) is 5.32 Å². The number of anilines is 1. The molecule has 0 radical (unpaired) electrons. The van der Waals surface area contributed by atoms with Crippen LogP contribution in [0.4, 0.5) is 5.82 Å². The van der Waals surface area contributed by atoms with Gasteiger partial charge in [-0.1, -0.05) is 0 Å². The topological polar surface area (TPSA) is 27.8 Å². The van der Waals surface area contributed by atoms with Crippen LogP contribution in [0.1, 0.15) is 12.8 Å². The van der Waals surface area contributed by atoms with Gasteiger partial charge in [0.05, 0.1) is 0 Å². The zero-order chi connectivity index (χ0) is 6.10. The zero-order valence-electron chi connectivity index (χ0n) is 6.04. The SMILES string of the molecule is Cl.Cl.c1c[nH]c(NC2CC2)c1. The Balaban J connectivity index is 0.000000500. The quantitative estimate of drug-likeness (QED) is 0.745. The van der Waals surface area contributed by atoms with Gasteiger partial charge in [0, 0.05) is 12.2 Å². The number of hydrogen-bond acceptors (Lipinski definition) is 1. The molecule has 4 heteroatoms. The Morgan fingerprint density at radius 1 is 1.36 bits per heavy atom. The van der Waals surface area contributed by atoms with Crippen molar-refractivity contribution in [3.8, 4) is 0 Å². The summed E-state index contributed by atoms with van der Waals surface area (Å²) in [6.07, 6.45) is 4.60. The molecule has 1 fully saturated rings. The van der Waals surface area contributed by atoms with Crippen LogP contribution in [0.15, 0.2) is 18.3 Å². The third kappa shape index (κ3) is 3.04. The van der Waals surface area contributed by atoms with Gasteiger partial charge < -0.3 is 10.3 Å². The molecule has 0 atom stereocenters. The van der Waals surface area contributed by atoms with Gasteiger partial charge >= 0.3 is 0 Å². The van der Waals surface area contributed by atoms with Crippen LogP contribution in [-0.2, 0) is 0 Å². The standard InChI is InChI=1S/C7H10N2.2ClH/c1-2-7(8-5-1)9-6-3-4-6;;/h1-2,5-6,8-9H,3-4H2;2*1H. The van der Waals surface area contributed by atoms with Crippen LogP contribution in [0.2, 0.25) is 0 Å². The molecule has 0 saturated heterocycles. The van der Waals surface area contributed by atoms with E-state index < -0.39 is 0 Å². The number of nitrogens with one attached hydrogen (secondary N) is 2. The minimum atomic E-state index is 0. The van der Waals surface area contributed by atoms with Gasteiger partial charge in [0.25, 0.3) is 0 Å². The van der Waals surface area contributed by atoms with Gasteiger partial charge in [-0.05, 0) is 25.0 Å². The lowest BCUT2D eigenvalue weighted by Gasteiger charge is -1.97. The Hall–Kier alpha value is -0.340. The fourth-order valence-corrected chi connectivity index (χ4v) is 0.868. The molecule has 1 aromatic heterocycles. The molecular formula is C7H12Cl2N2. The third-order valence-electron chi connectivity index (χ3n) is 1.53. The highest BCUT2D eigenvalue weighted by molar-refractivity contribution is 5.85. The summed E-state index contributed by atoms with van der Waals surface area (Å²) in [6.45, 7) is 0. The van der Waals surface area contributed by atoms with Crippen LogP contribution < -0.4 is 5.32 Å². The van der Waals surface area contributed by atoms with Crippen LogP contribution in [0.3, 0.4) is 0 Å². The molecule has 2 nitrogen and oxygen atoms in total. The summed E-state index contributed by atoms with van der Waals surface area (Å²) in [6, 6.07) is 4.81. The van der Waals surface area contributed by atoms with Crippen molar-refractivity contribution in [2.24, 2.45) is 0 Å². The lowest BCUT2D eigenvalue weighted by molar-refractivity contribution is 1.13. The molecule has 1 aliphatic rings. The summed E-state index contributed by atoms with van der Waals surface area (Å²) < 4.78 is 0. The molecule has 0 spiro atoms. The molecule has 1 aromatic rings. The molecule has 11 heavy (non-hydrogen) atoms. The van der Waals surface area contributed by atoms with Crippen LogP contribution >= 0.6 is 24.8 Å². The van der Waals surface area contributed by atoms with E-state index in [0.717, 1.165) is 11.9 Å². The fourth-order valence-electron chi connectivity index (χ4n) is 0.868. The molecule has 1 heterocycles. The molecule has 0 aromatic carbocycles. The lowest BCUT2D eigenvalue weighted by Crippen LogP contribution is -1.99. The monoisotopic (exact) mass is 194 g/mol. The molecule has 64 valence electrons. The Kier molecular flexibility index (Phi) is 4.38. The fraction of sp³-hybridized carbons (Fsp3) is 0.429. The number of rotatable bonds is 2. The Bertz CT molecular complexity index is 182. The van der Waals surface area contributed by atoms with E-state index in [1.165, 1.54) is 12.8 Å². The van der Waals surface area contributed by atoms with Crippen molar-refractivity contribution in [3.05, 3.63) is 18.3 Å². The first-order valence-corrected chi connectivity index (χ1v) is 3.35. The molecule has 1 aliphatic carbocycles. The van der Waals surface area contributed by atoms with Gasteiger partial charge in [-0.25, -0.2) is 0 Å². The zero-order valence-corrected chi connectivity index (χ0v) is 7.67. The van der Waals surface area contributed by atoms with E-state index >= 15 is 0 Å². The number of halogens is 2. The third-order valence-corrected chi connectivity index (χ3v) is 1.53. The maximum atomic E-state index is 3.34. The number of H-pyrrole nitrogens is 1. The summed E-state index contributed by atoms with van der Waals surface area (Å²) in [7, 11) is 0. The summed E-state index contributed by atoms with van der Waals surface area (Å²) in [4.78, 5) is 3.10. The van der Waals surface area contributed by atoms with Gasteiger partial charge in [0.1, 0.15) is 5.82 Å². The normalized spacial score (nSPS) is 14.5. The Morgan fingerprint density at radius 2 is 2.09 bits per heavy atom. The first-order chi connectivity index (χ1) is 4.45. The molecular weight excluding hydrogens is 183 g/mol. The van der Waals surface area contributed by atoms with Crippen LogP contribution in [0.25, 0.3) is 0 Å². The van der Waals surface area contributed by atoms with Crippen molar-refractivity contribution in [1.82, 2.24) is 4.98 Å². The van der Waals surface area contributed by atoms with Crippen molar-refractivity contribution in [2.45, 2.75) is 18.9 Å². The minimum absolute atomic E-state index is 0. The van der Waals surface area contributed by atoms with Crippen molar-refractivity contribution in [3.63, 3.8) is 0 Å². The van der Waals surface area contributed by atoms with Gasteiger partial charge in [-0.2, -0.15) is 0 Å². The van der Waals surface area contributed by atoms with E-state index in [4.69, 9.17) is 0 Å². The van der Waals surface area contributed by atoms with Crippen LogP contribution in [0, 0.1) is 0 Å². The van der Waals surface area contributed by atoms with Crippen molar-refractivity contribution >= 4 is 30.6 Å². The summed E-state index contributed by atoms with van der Waals surface area (Å²) in [5, 5.41) is 3.34. The van der Waals surface area contributed by atoms with Gasteiger partial charge in [-0.15, -0.1) is 24.8 Å². The molecule has 1 saturated carbocycles.